The maximum absolute atomic E-state index is 12.3. The molecule has 0 saturated heterocycles. The molecule has 6 heteroatoms. The molecule has 1 N–H and O–H groups in total. The number of hydrogen-bond acceptors (Lipinski definition) is 4. The van der Waals surface area contributed by atoms with E-state index in [2.05, 4.69) is 10.3 Å². The molecule has 0 aliphatic rings. The van der Waals surface area contributed by atoms with Gasteiger partial charge in [-0.3, -0.25) is 4.79 Å². The number of hydrogen-bond donors (Lipinski definition) is 1. The van der Waals surface area contributed by atoms with Gasteiger partial charge in [0.15, 0.2) is 6.10 Å². The summed E-state index contributed by atoms with van der Waals surface area (Å²) in [6.45, 7) is 4.20. The van der Waals surface area contributed by atoms with Crippen molar-refractivity contribution in [1.82, 2.24) is 10.3 Å². The summed E-state index contributed by atoms with van der Waals surface area (Å²) in [6.07, 6.45) is 1.51. The predicted molar refractivity (Wildman–Crippen MR) is 93.5 cm³/mol. The second kappa shape index (κ2) is 8.55. The Morgan fingerprint density at radius 3 is 2.62 bits per heavy atom. The van der Waals surface area contributed by atoms with Crippen molar-refractivity contribution in [2.45, 2.75) is 32.9 Å². The van der Waals surface area contributed by atoms with Crippen LogP contribution in [-0.2, 0) is 11.3 Å². The van der Waals surface area contributed by atoms with E-state index >= 15 is 0 Å². The van der Waals surface area contributed by atoms with Crippen LogP contribution in [0.3, 0.4) is 0 Å². The van der Waals surface area contributed by atoms with E-state index in [9.17, 15) is 4.79 Å². The van der Waals surface area contributed by atoms with Gasteiger partial charge in [-0.1, -0.05) is 30.7 Å². The van der Waals surface area contributed by atoms with Crippen molar-refractivity contribution >= 4 is 17.5 Å². The second-order valence-corrected chi connectivity index (χ2v) is 5.74. The van der Waals surface area contributed by atoms with Crippen molar-refractivity contribution in [1.29, 1.82) is 0 Å². The molecule has 1 unspecified atom stereocenters. The van der Waals surface area contributed by atoms with Crippen molar-refractivity contribution in [3.63, 3.8) is 0 Å². The molecule has 0 spiro atoms. The Balaban J connectivity index is 1.95. The normalized spacial score (nSPS) is 11.7. The lowest BCUT2D eigenvalue weighted by atomic mass is 10.2. The fraction of sp³-hybridized carbons (Fsp3) is 0.333. The largest absolute Gasteiger partial charge is 0.497 e. The SMILES string of the molecule is CCC(Oc1cnc(Cl)cc1C)C(=O)NCc1ccc(OC)cc1. The Kier molecular flexibility index (Phi) is 6.44. The van der Waals surface area contributed by atoms with Crippen LogP contribution < -0.4 is 14.8 Å². The molecule has 0 bridgehead atoms. The maximum atomic E-state index is 12.3. The van der Waals surface area contributed by atoms with E-state index in [0.29, 0.717) is 23.9 Å². The summed E-state index contributed by atoms with van der Waals surface area (Å²) in [5.41, 5.74) is 1.83. The van der Waals surface area contributed by atoms with Gasteiger partial charge in [-0.2, -0.15) is 0 Å². The first-order valence-corrected chi connectivity index (χ1v) is 8.10. The Morgan fingerprint density at radius 2 is 2.04 bits per heavy atom. The van der Waals surface area contributed by atoms with Gasteiger partial charge in [0.25, 0.3) is 5.91 Å². The molecule has 2 rings (SSSR count). The van der Waals surface area contributed by atoms with E-state index in [1.807, 2.05) is 38.1 Å². The summed E-state index contributed by atoms with van der Waals surface area (Å²) in [6, 6.07) is 9.25. The number of benzene rings is 1. The van der Waals surface area contributed by atoms with E-state index in [1.165, 1.54) is 6.20 Å². The van der Waals surface area contributed by atoms with Gasteiger partial charge in [0, 0.05) is 6.54 Å². The maximum Gasteiger partial charge on any atom is 0.261 e. The van der Waals surface area contributed by atoms with Crippen LogP contribution in [0.1, 0.15) is 24.5 Å². The lowest BCUT2D eigenvalue weighted by molar-refractivity contribution is -0.128. The molecule has 0 radical (unpaired) electrons. The summed E-state index contributed by atoms with van der Waals surface area (Å²) in [4.78, 5) is 16.3. The highest BCUT2D eigenvalue weighted by molar-refractivity contribution is 6.29. The van der Waals surface area contributed by atoms with Crippen molar-refractivity contribution in [2.75, 3.05) is 7.11 Å². The Labute approximate surface area is 147 Å². The van der Waals surface area contributed by atoms with Crippen molar-refractivity contribution in [3.8, 4) is 11.5 Å². The highest BCUT2D eigenvalue weighted by atomic mass is 35.5. The number of carbonyl (C=O) groups is 1. The zero-order chi connectivity index (χ0) is 17.5. The van der Waals surface area contributed by atoms with Gasteiger partial charge >= 0.3 is 0 Å². The number of aryl methyl sites for hydroxylation is 1. The van der Waals surface area contributed by atoms with Gasteiger partial charge in [-0.15, -0.1) is 0 Å². The van der Waals surface area contributed by atoms with Gasteiger partial charge in [-0.05, 0) is 42.7 Å². The van der Waals surface area contributed by atoms with Crippen LogP contribution in [-0.4, -0.2) is 24.1 Å². The van der Waals surface area contributed by atoms with Crippen LogP contribution in [0.15, 0.2) is 36.5 Å². The number of rotatable bonds is 7. The molecule has 1 amide bonds. The predicted octanol–water partition coefficient (Wildman–Crippen LogP) is 3.53. The second-order valence-electron chi connectivity index (χ2n) is 5.35. The van der Waals surface area contributed by atoms with Crippen LogP contribution >= 0.6 is 11.6 Å². The summed E-state index contributed by atoms with van der Waals surface area (Å²) in [7, 11) is 1.62. The average molecular weight is 349 g/mol. The first kappa shape index (κ1) is 18.1. The molecule has 1 atom stereocenters. The molecule has 0 fully saturated rings. The Bertz CT molecular complexity index is 689. The lowest BCUT2D eigenvalue weighted by Crippen LogP contribution is -2.37. The zero-order valence-electron chi connectivity index (χ0n) is 14.0. The van der Waals surface area contributed by atoms with Gasteiger partial charge in [0.2, 0.25) is 0 Å². The number of ether oxygens (including phenoxy) is 2. The summed E-state index contributed by atoms with van der Waals surface area (Å²) in [5, 5.41) is 3.29. The smallest absolute Gasteiger partial charge is 0.261 e. The van der Waals surface area contributed by atoms with Gasteiger partial charge in [-0.25, -0.2) is 4.98 Å². The number of halogens is 1. The minimum atomic E-state index is -0.579. The number of methoxy groups -OCH3 is 1. The number of nitrogens with zero attached hydrogens (tertiary/aromatic N) is 1. The summed E-state index contributed by atoms with van der Waals surface area (Å²) >= 11 is 5.83. The van der Waals surface area contributed by atoms with Crippen LogP contribution in [0.2, 0.25) is 5.15 Å². The molecule has 5 nitrogen and oxygen atoms in total. The highest BCUT2D eigenvalue weighted by Gasteiger charge is 2.19. The molecule has 1 heterocycles. The number of pyridine rings is 1. The van der Waals surface area contributed by atoms with Crippen molar-refractivity contribution < 1.29 is 14.3 Å². The third-order valence-corrected chi connectivity index (χ3v) is 3.79. The van der Waals surface area contributed by atoms with E-state index in [1.54, 1.807) is 13.2 Å². The number of amides is 1. The summed E-state index contributed by atoms with van der Waals surface area (Å²) < 4.78 is 10.9. The minimum Gasteiger partial charge on any atom is -0.497 e. The minimum absolute atomic E-state index is 0.164. The van der Waals surface area contributed by atoms with Gasteiger partial charge in [0.1, 0.15) is 16.7 Å². The van der Waals surface area contributed by atoms with Crippen LogP contribution in [0.5, 0.6) is 11.5 Å². The van der Waals surface area contributed by atoms with Crippen molar-refractivity contribution in [2.24, 2.45) is 0 Å². The monoisotopic (exact) mass is 348 g/mol. The number of aromatic nitrogens is 1. The van der Waals surface area contributed by atoms with Crippen LogP contribution in [0, 0.1) is 6.92 Å². The molecular formula is C18H21ClN2O3. The topological polar surface area (TPSA) is 60.5 Å². The van der Waals surface area contributed by atoms with Gasteiger partial charge < -0.3 is 14.8 Å². The van der Waals surface area contributed by atoms with E-state index < -0.39 is 6.10 Å². The highest BCUT2D eigenvalue weighted by Crippen LogP contribution is 2.21. The lowest BCUT2D eigenvalue weighted by Gasteiger charge is -2.18. The molecule has 1 aromatic heterocycles. The first-order chi connectivity index (χ1) is 11.5. The Hall–Kier alpha value is -2.27. The Morgan fingerprint density at radius 1 is 1.33 bits per heavy atom. The van der Waals surface area contributed by atoms with Crippen LogP contribution in [0.4, 0.5) is 0 Å². The summed E-state index contributed by atoms with van der Waals surface area (Å²) in [5.74, 6) is 1.18. The standard InChI is InChI=1S/C18H21ClN2O3/c1-4-15(24-16-11-20-17(19)9-12(16)2)18(22)21-10-13-5-7-14(23-3)8-6-13/h5-9,11,15H,4,10H2,1-3H3,(H,21,22). The molecular weight excluding hydrogens is 328 g/mol. The van der Waals surface area contributed by atoms with Gasteiger partial charge in [0.05, 0.1) is 13.3 Å². The third-order valence-electron chi connectivity index (χ3n) is 3.59. The van der Waals surface area contributed by atoms with Crippen molar-refractivity contribution in [3.05, 3.63) is 52.8 Å². The molecule has 2 aromatic rings. The third kappa shape index (κ3) is 4.86. The van der Waals surface area contributed by atoms with E-state index in [0.717, 1.165) is 16.9 Å². The zero-order valence-corrected chi connectivity index (χ0v) is 14.8. The first-order valence-electron chi connectivity index (χ1n) is 7.73. The molecule has 128 valence electrons. The molecule has 0 saturated carbocycles. The molecule has 0 aliphatic carbocycles. The molecule has 0 aliphatic heterocycles. The number of nitrogens with one attached hydrogen (secondary N) is 1. The average Bonchev–Trinajstić information content (AvgIpc) is 2.59. The van der Waals surface area contributed by atoms with E-state index in [-0.39, 0.29) is 5.91 Å². The fourth-order valence-electron chi connectivity index (χ4n) is 2.15. The van der Waals surface area contributed by atoms with E-state index in [4.69, 9.17) is 21.1 Å². The number of carbonyl (C=O) groups excluding carboxylic acids is 1. The fourth-order valence-corrected chi connectivity index (χ4v) is 2.37. The molecule has 24 heavy (non-hydrogen) atoms. The molecule has 1 aromatic carbocycles. The quantitative estimate of drug-likeness (QED) is 0.778. The van der Waals surface area contributed by atoms with Crippen LogP contribution in [0.25, 0.3) is 0 Å².